The van der Waals surface area contributed by atoms with Gasteiger partial charge in [-0.05, 0) is 73.8 Å². The highest BCUT2D eigenvalue weighted by molar-refractivity contribution is 5.93. The first-order valence-electron chi connectivity index (χ1n) is 13.3. The Morgan fingerprint density at radius 3 is 2.46 bits per heavy atom. The van der Waals surface area contributed by atoms with E-state index in [-0.39, 0.29) is 11.8 Å². The molecule has 0 spiro atoms. The number of nitrogens with one attached hydrogen (secondary N) is 1. The summed E-state index contributed by atoms with van der Waals surface area (Å²) in [4.78, 5) is 20.5. The second-order valence-electron chi connectivity index (χ2n) is 9.90. The molecule has 1 aliphatic heterocycles. The number of rotatable bonds is 9. The summed E-state index contributed by atoms with van der Waals surface area (Å²) in [5.74, 6) is 2.12. The Morgan fingerprint density at radius 1 is 0.973 bits per heavy atom. The average molecular weight is 497 g/mol. The first kappa shape index (κ1) is 25.0. The third-order valence-corrected chi connectivity index (χ3v) is 7.35. The quantitative estimate of drug-likeness (QED) is 0.314. The lowest BCUT2D eigenvalue weighted by Gasteiger charge is -2.31. The molecule has 0 radical (unpaired) electrons. The lowest BCUT2D eigenvalue weighted by Crippen LogP contribution is -2.38. The predicted molar refractivity (Wildman–Crippen MR) is 149 cm³/mol. The zero-order valence-electron chi connectivity index (χ0n) is 21.8. The van der Waals surface area contributed by atoms with Gasteiger partial charge < -0.3 is 14.6 Å². The molecule has 3 aromatic carbocycles. The normalized spacial score (nSPS) is 14.6. The summed E-state index contributed by atoms with van der Waals surface area (Å²) in [6.07, 6.45) is 3.77. The first-order valence-corrected chi connectivity index (χ1v) is 13.3. The summed E-state index contributed by atoms with van der Waals surface area (Å²) >= 11 is 0. The van der Waals surface area contributed by atoms with E-state index in [1.807, 2.05) is 36.4 Å². The van der Waals surface area contributed by atoms with Crippen molar-refractivity contribution in [2.75, 3.05) is 25.5 Å². The van der Waals surface area contributed by atoms with Crippen LogP contribution in [-0.2, 0) is 24.3 Å². The third-order valence-electron chi connectivity index (χ3n) is 7.35. The average Bonchev–Trinajstić information content (AvgIpc) is 3.27. The number of imidazole rings is 1. The number of para-hydroxylation sites is 3. The Bertz CT molecular complexity index is 1340. The number of aryl methyl sites for hydroxylation is 1. The minimum Gasteiger partial charge on any atom is -0.497 e. The minimum atomic E-state index is 0.0454. The molecule has 4 aromatic rings. The summed E-state index contributed by atoms with van der Waals surface area (Å²) in [6, 6.07) is 24.7. The van der Waals surface area contributed by atoms with Crippen LogP contribution in [0.25, 0.3) is 11.0 Å². The van der Waals surface area contributed by atoms with Gasteiger partial charge in [-0.15, -0.1) is 0 Å². The fourth-order valence-electron chi connectivity index (χ4n) is 5.25. The molecule has 2 heterocycles. The Labute approximate surface area is 219 Å². The molecule has 0 bridgehead atoms. The molecule has 0 unspecified atom stereocenters. The lowest BCUT2D eigenvalue weighted by atomic mass is 9.95. The number of carbonyl (C=O) groups is 1. The number of ether oxygens (including phenoxy) is 1. The molecule has 0 saturated carbocycles. The van der Waals surface area contributed by atoms with Crippen molar-refractivity contribution in [2.24, 2.45) is 5.92 Å². The van der Waals surface area contributed by atoms with Gasteiger partial charge in [-0.3, -0.25) is 9.69 Å². The SMILES string of the molecule is CCCc1ccccc1NC(=O)C1CCN(Cc2nc3ccccc3n2Cc2ccc(OC)cc2)CC1. The molecular weight excluding hydrogens is 460 g/mol. The zero-order chi connectivity index (χ0) is 25.6. The summed E-state index contributed by atoms with van der Waals surface area (Å²) in [5, 5.41) is 3.21. The van der Waals surface area contributed by atoms with E-state index in [2.05, 4.69) is 58.1 Å². The van der Waals surface area contributed by atoms with E-state index in [1.165, 1.54) is 11.1 Å². The van der Waals surface area contributed by atoms with Crippen molar-refractivity contribution >= 4 is 22.6 Å². The molecule has 1 fully saturated rings. The number of fused-ring (bicyclic) bond motifs is 1. The number of hydrogen-bond donors (Lipinski definition) is 1. The fourth-order valence-corrected chi connectivity index (χ4v) is 5.25. The molecular formula is C31H36N4O2. The van der Waals surface area contributed by atoms with E-state index in [0.717, 1.165) is 80.2 Å². The van der Waals surface area contributed by atoms with Gasteiger partial charge in [0.1, 0.15) is 11.6 Å². The molecule has 37 heavy (non-hydrogen) atoms. The van der Waals surface area contributed by atoms with Gasteiger partial charge in [-0.1, -0.05) is 55.8 Å². The topological polar surface area (TPSA) is 59.4 Å². The Hall–Kier alpha value is -3.64. The third kappa shape index (κ3) is 5.86. The monoisotopic (exact) mass is 496 g/mol. The number of amides is 1. The standard InChI is InChI=1S/C31H36N4O2/c1-3-8-24-9-4-5-10-27(24)33-31(36)25-17-19-34(20-18-25)22-30-32-28-11-6-7-12-29(28)35(30)21-23-13-15-26(37-2)16-14-23/h4-7,9-16,25H,3,8,17-22H2,1-2H3,(H,33,36). The molecule has 0 aliphatic carbocycles. The lowest BCUT2D eigenvalue weighted by molar-refractivity contribution is -0.121. The molecule has 192 valence electrons. The maximum Gasteiger partial charge on any atom is 0.227 e. The minimum absolute atomic E-state index is 0.0454. The highest BCUT2D eigenvalue weighted by atomic mass is 16.5. The van der Waals surface area contributed by atoms with Crippen LogP contribution in [0.15, 0.2) is 72.8 Å². The fraction of sp³-hybridized carbons (Fsp3) is 0.355. The second-order valence-corrected chi connectivity index (χ2v) is 9.90. The van der Waals surface area contributed by atoms with Gasteiger partial charge in [0, 0.05) is 18.2 Å². The maximum absolute atomic E-state index is 13.1. The summed E-state index contributed by atoms with van der Waals surface area (Å²) in [6.45, 7) is 5.48. The molecule has 0 atom stereocenters. The Morgan fingerprint density at radius 2 is 1.70 bits per heavy atom. The molecule has 6 nitrogen and oxygen atoms in total. The van der Waals surface area contributed by atoms with Crippen LogP contribution in [0.3, 0.4) is 0 Å². The van der Waals surface area contributed by atoms with Crippen LogP contribution in [0.4, 0.5) is 5.69 Å². The maximum atomic E-state index is 13.1. The van der Waals surface area contributed by atoms with Crippen molar-refractivity contribution in [3.8, 4) is 5.75 Å². The molecule has 1 N–H and O–H groups in total. The van der Waals surface area contributed by atoms with E-state index in [9.17, 15) is 4.79 Å². The molecule has 1 saturated heterocycles. The summed E-state index contributed by atoms with van der Waals surface area (Å²) in [5.41, 5.74) is 5.55. The number of likely N-dealkylation sites (tertiary alicyclic amines) is 1. The van der Waals surface area contributed by atoms with Crippen molar-refractivity contribution in [2.45, 2.75) is 45.7 Å². The molecule has 1 aromatic heterocycles. The Kier molecular flexibility index (Phi) is 7.85. The van der Waals surface area contributed by atoms with Crippen LogP contribution >= 0.6 is 0 Å². The number of benzene rings is 3. The van der Waals surface area contributed by atoms with Crippen LogP contribution < -0.4 is 10.1 Å². The van der Waals surface area contributed by atoms with Crippen molar-refractivity contribution in [1.29, 1.82) is 0 Å². The van der Waals surface area contributed by atoms with E-state index in [4.69, 9.17) is 9.72 Å². The van der Waals surface area contributed by atoms with E-state index < -0.39 is 0 Å². The van der Waals surface area contributed by atoms with Gasteiger partial charge in [0.25, 0.3) is 0 Å². The van der Waals surface area contributed by atoms with Gasteiger partial charge >= 0.3 is 0 Å². The predicted octanol–water partition coefficient (Wildman–Crippen LogP) is 5.90. The van der Waals surface area contributed by atoms with Crippen molar-refractivity contribution in [3.05, 3.63) is 89.7 Å². The number of aromatic nitrogens is 2. The molecule has 5 rings (SSSR count). The van der Waals surface area contributed by atoms with E-state index in [1.54, 1.807) is 7.11 Å². The summed E-state index contributed by atoms with van der Waals surface area (Å²) in [7, 11) is 1.69. The van der Waals surface area contributed by atoms with Crippen LogP contribution in [0.1, 0.15) is 43.1 Å². The number of nitrogens with zero attached hydrogens (tertiary/aromatic N) is 3. The molecule has 1 amide bonds. The highest BCUT2D eigenvalue weighted by Crippen LogP contribution is 2.25. The van der Waals surface area contributed by atoms with Gasteiger partial charge in [0.05, 0.1) is 24.7 Å². The van der Waals surface area contributed by atoms with Crippen LogP contribution in [-0.4, -0.2) is 40.6 Å². The Balaban J connectivity index is 1.25. The van der Waals surface area contributed by atoms with Gasteiger partial charge in [0.15, 0.2) is 0 Å². The highest BCUT2D eigenvalue weighted by Gasteiger charge is 2.26. The van der Waals surface area contributed by atoms with Crippen molar-refractivity contribution < 1.29 is 9.53 Å². The van der Waals surface area contributed by atoms with E-state index >= 15 is 0 Å². The first-order chi connectivity index (χ1) is 18.1. The van der Waals surface area contributed by atoms with Crippen LogP contribution in [0.5, 0.6) is 5.75 Å². The number of methoxy groups -OCH3 is 1. The smallest absolute Gasteiger partial charge is 0.227 e. The zero-order valence-corrected chi connectivity index (χ0v) is 21.8. The van der Waals surface area contributed by atoms with Crippen LogP contribution in [0.2, 0.25) is 0 Å². The molecule has 1 aliphatic rings. The van der Waals surface area contributed by atoms with Gasteiger partial charge in [0.2, 0.25) is 5.91 Å². The number of piperidine rings is 1. The van der Waals surface area contributed by atoms with E-state index in [0.29, 0.717) is 0 Å². The van der Waals surface area contributed by atoms with Crippen molar-refractivity contribution in [3.63, 3.8) is 0 Å². The van der Waals surface area contributed by atoms with Crippen LogP contribution in [0, 0.1) is 5.92 Å². The second kappa shape index (κ2) is 11.6. The van der Waals surface area contributed by atoms with Gasteiger partial charge in [-0.2, -0.15) is 0 Å². The largest absolute Gasteiger partial charge is 0.497 e. The van der Waals surface area contributed by atoms with Gasteiger partial charge in [-0.25, -0.2) is 4.98 Å². The molecule has 6 heteroatoms. The van der Waals surface area contributed by atoms with Crippen molar-refractivity contribution in [1.82, 2.24) is 14.5 Å². The number of hydrogen-bond acceptors (Lipinski definition) is 4. The number of carbonyl (C=O) groups excluding carboxylic acids is 1. The summed E-state index contributed by atoms with van der Waals surface area (Å²) < 4.78 is 7.64. The number of anilines is 1.